The van der Waals surface area contributed by atoms with Gasteiger partial charge in [-0.2, -0.15) is 0 Å². The molecule has 0 aromatic rings. The Morgan fingerprint density at radius 3 is 2.35 bits per heavy atom. The van der Waals surface area contributed by atoms with E-state index in [1.54, 1.807) is 0 Å². The van der Waals surface area contributed by atoms with E-state index in [4.69, 9.17) is 5.11 Å². The summed E-state index contributed by atoms with van der Waals surface area (Å²) in [7, 11) is -7.62. The highest BCUT2D eigenvalue weighted by Crippen LogP contribution is 2.18. The summed E-state index contributed by atoms with van der Waals surface area (Å²) in [5.41, 5.74) is -0.267. The van der Waals surface area contributed by atoms with Gasteiger partial charge in [0.25, 0.3) is 0 Å². The van der Waals surface area contributed by atoms with E-state index < -0.39 is 41.7 Å². The molecular weight excluding hydrogens is 270 g/mol. The maximum absolute atomic E-state index is 11.5. The highest BCUT2D eigenvalue weighted by atomic mass is 32.2. The second-order valence-corrected chi connectivity index (χ2v) is 8.00. The minimum atomic E-state index is -4.11. The van der Waals surface area contributed by atoms with Crippen LogP contribution in [0.15, 0.2) is 16.1 Å². The van der Waals surface area contributed by atoms with Gasteiger partial charge in [-0.15, -0.1) is 0 Å². The lowest BCUT2D eigenvalue weighted by molar-refractivity contribution is -0.129. The van der Waals surface area contributed by atoms with E-state index in [-0.39, 0.29) is 5.70 Å². The first-order chi connectivity index (χ1) is 7.56. The molecule has 1 rings (SSSR count). The van der Waals surface area contributed by atoms with E-state index in [0.29, 0.717) is 5.41 Å². The number of hydrogen-bond donors (Lipinski definition) is 1. The highest BCUT2D eigenvalue weighted by Gasteiger charge is 2.33. The molecule has 1 aliphatic heterocycles. The van der Waals surface area contributed by atoms with Crippen molar-refractivity contribution in [1.29, 1.82) is 0 Å². The lowest BCUT2D eigenvalue weighted by Crippen LogP contribution is -2.19. The molecule has 0 aromatic heterocycles. The van der Waals surface area contributed by atoms with Crippen molar-refractivity contribution in [2.45, 2.75) is 19.1 Å². The Morgan fingerprint density at radius 2 is 2.00 bits per heavy atom. The van der Waals surface area contributed by atoms with Gasteiger partial charge >= 0.3 is 5.97 Å². The summed E-state index contributed by atoms with van der Waals surface area (Å²) < 4.78 is 45.6. The largest absolute Gasteiger partial charge is 0.476 e. The van der Waals surface area contributed by atoms with Crippen LogP contribution in [0, 0.1) is 0 Å². The van der Waals surface area contributed by atoms with Gasteiger partial charge in [0, 0.05) is 0 Å². The van der Waals surface area contributed by atoms with E-state index >= 15 is 0 Å². The van der Waals surface area contributed by atoms with E-state index in [1.165, 1.54) is 13.8 Å². The Morgan fingerprint density at radius 1 is 1.47 bits per heavy atom. The first-order valence-electron chi connectivity index (χ1n) is 4.55. The number of carbonyl (C=O) groups is 1. The zero-order valence-corrected chi connectivity index (χ0v) is 10.7. The van der Waals surface area contributed by atoms with Crippen LogP contribution in [-0.4, -0.2) is 44.0 Å². The zero-order chi connectivity index (χ0) is 13.4. The second-order valence-electron chi connectivity index (χ2n) is 3.73. The van der Waals surface area contributed by atoms with Crippen LogP contribution < -0.4 is 0 Å². The number of carboxylic acids is 1. The number of sulfone groups is 2. The lowest BCUT2D eigenvalue weighted by Gasteiger charge is -2.05. The predicted molar refractivity (Wildman–Crippen MR) is 61.0 cm³/mol. The topological polar surface area (TPSA) is 118 Å². The Balaban J connectivity index is 3.11. The van der Waals surface area contributed by atoms with E-state index in [0.717, 1.165) is 0 Å². The van der Waals surface area contributed by atoms with Gasteiger partial charge in [0.15, 0.2) is 9.84 Å². The molecule has 0 aliphatic carbocycles. The summed E-state index contributed by atoms with van der Waals surface area (Å²) in [6.45, 7) is 2.89. The lowest BCUT2D eigenvalue weighted by atomic mass is 10.6. The van der Waals surface area contributed by atoms with Crippen molar-refractivity contribution in [2.75, 3.05) is 5.75 Å². The molecule has 1 heterocycles. The number of nitrogens with zero attached hydrogens (tertiary/aromatic N) is 1. The Labute approximate surface area is 98.7 Å². The second kappa shape index (κ2) is 4.22. The predicted octanol–water partition coefficient (Wildman–Crippen LogP) is -0.437. The molecule has 0 aromatic carbocycles. The normalized spacial score (nSPS) is 19.0. The molecule has 0 bridgehead atoms. The molecule has 1 aliphatic rings. The van der Waals surface area contributed by atoms with Crippen LogP contribution >= 0.6 is 0 Å². The van der Waals surface area contributed by atoms with Crippen LogP contribution in [-0.2, 0) is 24.5 Å². The molecule has 9 heteroatoms. The average Bonchev–Trinajstić information content (AvgIpc) is 2.39. The van der Waals surface area contributed by atoms with E-state index in [2.05, 4.69) is 4.99 Å². The van der Waals surface area contributed by atoms with Crippen molar-refractivity contribution in [3.8, 4) is 0 Å². The molecule has 0 atom stereocenters. The molecule has 0 saturated carbocycles. The summed E-state index contributed by atoms with van der Waals surface area (Å²) in [6.07, 6.45) is 0. The van der Waals surface area contributed by atoms with Crippen LogP contribution in [0.3, 0.4) is 0 Å². The maximum atomic E-state index is 11.5. The van der Waals surface area contributed by atoms with Gasteiger partial charge in [-0.1, -0.05) is 0 Å². The number of rotatable bonds is 4. The maximum Gasteiger partial charge on any atom is 0.366 e. The SMILES string of the molecule is CC(C)S(=O)(=O)CC1=CS(=O)(=O)C(C(=O)O)=N1. The Hall–Kier alpha value is -1.22. The Kier molecular flexibility index (Phi) is 3.44. The standard InChI is InChI=1S/C8H11NO6S2/c1-5(2)16(12,13)3-6-4-17(14,15)7(9-6)8(10)11/h4-5H,3H2,1-2H3,(H,10,11). The summed E-state index contributed by atoms with van der Waals surface area (Å²) in [5, 5.41) is 7.44. The minimum absolute atomic E-state index is 0.267. The van der Waals surface area contributed by atoms with E-state index in [9.17, 15) is 21.6 Å². The van der Waals surface area contributed by atoms with Crippen LogP contribution in [0.2, 0.25) is 0 Å². The van der Waals surface area contributed by atoms with Gasteiger partial charge in [-0.05, 0) is 13.8 Å². The third-order valence-corrected chi connectivity index (χ3v) is 5.58. The summed E-state index contributed by atoms with van der Waals surface area (Å²) in [4.78, 5) is 13.9. The number of aliphatic imine (C=N–C) groups is 1. The van der Waals surface area contributed by atoms with Crippen LogP contribution in [0.25, 0.3) is 0 Å². The number of hydrogen-bond acceptors (Lipinski definition) is 6. The fourth-order valence-corrected chi connectivity index (χ4v) is 3.16. The van der Waals surface area contributed by atoms with Gasteiger partial charge in [-0.3, -0.25) is 0 Å². The Bertz CT molecular complexity index is 608. The van der Waals surface area contributed by atoms with Crippen molar-refractivity contribution in [3.05, 3.63) is 11.1 Å². The number of carboxylic acid groups (broad SMARTS) is 1. The van der Waals surface area contributed by atoms with Crippen LogP contribution in [0.5, 0.6) is 0 Å². The van der Waals surface area contributed by atoms with Crippen LogP contribution in [0.4, 0.5) is 0 Å². The fourth-order valence-electron chi connectivity index (χ4n) is 1.06. The smallest absolute Gasteiger partial charge is 0.366 e. The van der Waals surface area contributed by atoms with Crippen molar-refractivity contribution in [1.82, 2.24) is 0 Å². The third-order valence-electron chi connectivity index (χ3n) is 2.06. The molecule has 0 unspecified atom stereocenters. The molecular formula is C8H11NO6S2. The number of aliphatic carboxylic acids is 1. The monoisotopic (exact) mass is 281 g/mol. The molecule has 96 valence electrons. The molecule has 0 amide bonds. The molecule has 1 N–H and O–H groups in total. The van der Waals surface area contributed by atoms with Gasteiger partial charge in [0.05, 0.1) is 22.1 Å². The van der Waals surface area contributed by atoms with Gasteiger partial charge in [0.2, 0.25) is 14.9 Å². The summed E-state index contributed by atoms with van der Waals surface area (Å²) >= 11 is 0. The first-order valence-corrected chi connectivity index (χ1v) is 7.81. The quantitative estimate of drug-likeness (QED) is 0.746. The average molecular weight is 281 g/mol. The molecule has 0 radical (unpaired) electrons. The highest BCUT2D eigenvalue weighted by molar-refractivity contribution is 8.11. The van der Waals surface area contributed by atoms with E-state index in [1.807, 2.05) is 0 Å². The summed E-state index contributed by atoms with van der Waals surface area (Å²) in [5.74, 6) is -2.28. The third kappa shape index (κ3) is 2.91. The molecule has 0 spiro atoms. The van der Waals surface area contributed by atoms with Gasteiger partial charge < -0.3 is 5.11 Å². The molecule has 7 nitrogen and oxygen atoms in total. The zero-order valence-electron chi connectivity index (χ0n) is 9.11. The van der Waals surface area contributed by atoms with Crippen LogP contribution in [0.1, 0.15) is 13.8 Å². The summed E-state index contributed by atoms with van der Waals surface area (Å²) in [6, 6.07) is 0. The molecule has 0 fully saturated rings. The van der Waals surface area contributed by atoms with Crippen molar-refractivity contribution < 1.29 is 26.7 Å². The van der Waals surface area contributed by atoms with Crippen molar-refractivity contribution in [2.24, 2.45) is 4.99 Å². The fraction of sp³-hybridized carbons (Fsp3) is 0.500. The van der Waals surface area contributed by atoms with Crippen molar-refractivity contribution in [3.63, 3.8) is 0 Å². The molecule has 0 saturated heterocycles. The van der Waals surface area contributed by atoms with Crippen molar-refractivity contribution >= 4 is 30.7 Å². The minimum Gasteiger partial charge on any atom is -0.476 e. The van der Waals surface area contributed by atoms with Gasteiger partial charge in [0.1, 0.15) is 0 Å². The molecule has 17 heavy (non-hydrogen) atoms. The first kappa shape index (κ1) is 13.8. The van der Waals surface area contributed by atoms with Gasteiger partial charge in [-0.25, -0.2) is 26.6 Å².